The number of rotatable bonds is 8. The van der Waals surface area contributed by atoms with Gasteiger partial charge >= 0.3 is 6.09 Å². The van der Waals surface area contributed by atoms with E-state index in [4.69, 9.17) is 4.74 Å². The number of benzene rings is 2. The number of allylic oxidation sites excluding steroid dienone is 1. The molecule has 3 saturated carbocycles. The Morgan fingerprint density at radius 1 is 0.948 bits per heavy atom. The average molecular weight is 814 g/mol. The molecule has 308 valence electrons. The first-order valence-electron chi connectivity index (χ1n) is 20.5. The number of amides is 4. The minimum Gasteiger partial charge on any atom is -0.446 e. The van der Waals surface area contributed by atoms with Crippen LogP contribution in [0.15, 0.2) is 65.6 Å². The van der Waals surface area contributed by atoms with Crippen LogP contribution in [0.1, 0.15) is 83.1 Å². The lowest BCUT2D eigenvalue weighted by Crippen LogP contribution is -2.58. The number of hydrogen-bond donors (Lipinski definition) is 3. The fourth-order valence-electron chi connectivity index (χ4n) is 8.58. The highest BCUT2D eigenvalue weighted by Crippen LogP contribution is 2.46. The lowest BCUT2D eigenvalue weighted by Gasteiger charge is -2.31. The van der Waals surface area contributed by atoms with Gasteiger partial charge in [-0.15, -0.1) is 0 Å². The Hall–Kier alpha value is -5.25. The molecule has 8 rings (SSSR count). The van der Waals surface area contributed by atoms with Gasteiger partial charge in [-0.3, -0.25) is 23.9 Å². The lowest BCUT2D eigenvalue weighted by atomic mass is 9.96. The maximum Gasteiger partial charge on any atom is 0.408 e. The number of carbonyl (C=O) groups excluding carboxylic acids is 4. The molecule has 16 heteroatoms. The van der Waals surface area contributed by atoms with Crippen molar-refractivity contribution in [2.45, 2.75) is 112 Å². The molecule has 3 N–H and O–H groups in total. The molecule has 0 radical (unpaired) electrons. The number of nitrogens with one attached hydrogen (secondary N) is 3. The van der Waals surface area contributed by atoms with Gasteiger partial charge in [0.1, 0.15) is 29.4 Å². The van der Waals surface area contributed by atoms with E-state index in [1.165, 1.54) is 9.58 Å². The van der Waals surface area contributed by atoms with Crippen LogP contribution in [0.4, 0.5) is 10.5 Å². The van der Waals surface area contributed by atoms with Gasteiger partial charge in [0.2, 0.25) is 21.8 Å². The van der Waals surface area contributed by atoms with Gasteiger partial charge in [-0.2, -0.15) is 5.10 Å². The average Bonchev–Trinajstić information content (AvgIpc) is 4.11. The molecule has 2 aromatic carbocycles. The number of carbonyl (C=O) groups is 4. The summed E-state index contributed by atoms with van der Waals surface area (Å²) in [7, 11) is -0.368. The van der Waals surface area contributed by atoms with Crippen molar-refractivity contribution in [3.8, 4) is 11.1 Å². The number of sulfonamides is 1. The lowest BCUT2D eigenvalue weighted by molar-refractivity contribution is -0.141. The molecule has 4 unspecified atom stereocenters. The van der Waals surface area contributed by atoms with Crippen LogP contribution >= 0.6 is 0 Å². The number of nitrogens with zero attached hydrogens (tertiary/aromatic N) is 4. The smallest absolute Gasteiger partial charge is 0.408 e. The summed E-state index contributed by atoms with van der Waals surface area (Å²) in [6, 6.07) is 10.8. The molecule has 2 aliphatic heterocycles. The highest BCUT2D eigenvalue weighted by molar-refractivity contribution is 7.91. The van der Waals surface area contributed by atoms with Crippen molar-refractivity contribution >= 4 is 50.3 Å². The first-order chi connectivity index (χ1) is 27.9. The molecule has 3 aromatic rings. The molecule has 4 fully saturated rings. The molecule has 1 saturated heterocycles. The van der Waals surface area contributed by atoms with Crippen LogP contribution in [-0.4, -0.2) is 96.5 Å². The Morgan fingerprint density at radius 2 is 1.72 bits per heavy atom. The van der Waals surface area contributed by atoms with Crippen LogP contribution < -0.4 is 25.8 Å². The quantitative estimate of drug-likeness (QED) is 0.281. The number of ether oxygens (including phenoxy) is 1. The Morgan fingerprint density at radius 3 is 2.47 bits per heavy atom. The second kappa shape index (κ2) is 15.8. The van der Waals surface area contributed by atoms with Gasteiger partial charge in [0.25, 0.3) is 11.5 Å². The molecule has 4 amide bonds. The Bertz CT molecular complexity index is 2320. The fourth-order valence-corrected chi connectivity index (χ4v) is 9.94. The summed E-state index contributed by atoms with van der Waals surface area (Å²) in [5.41, 5.74) is -0.121. The van der Waals surface area contributed by atoms with E-state index in [-0.39, 0.29) is 25.5 Å². The third-order valence-electron chi connectivity index (χ3n) is 12.3. The summed E-state index contributed by atoms with van der Waals surface area (Å²) in [6.45, 7) is -0.0846. The van der Waals surface area contributed by atoms with E-state index in [0.717, 1.165) is 48.4 Å². The minimum atomic E-state index is -3.92. The zero-order valence-electron chi connectivity index (χ0n) is 32.9. The van der Waals surface area contributed by atoms with Crippen LogP contribution in [0.5, 0.6) is 0 Å². The molecule has 3 aliphatic carbocycles. The monoisotopic (exact) mass is 813 g/mol. The molecule has 5 atom stereocenters. The maximum atomic E-state index is 14.7. The second-order valence-electron chi connectivity index (χ2n) is 16.6. The van der Waals surface area contributed by atoms with Crippen LogP contribution in [0.3, 0.4) is 0 Å². The highest BCUT2D eigenvalue weighted by Gasteiger charge is 2.62. The van der Waals surface area contributed by atoms with Crippen LogP contribution in [0.25, 0.3) is 21.9 Å². The van der Waals surface area contributed by atoms with Crippen molar-refractivity contribution in [2.24, 2.45) is 5.92 Å². The predicted molar refractivity (Wildman–Crippen MR) is 217 cm³/mol. The predicted octanol–water partition coefficient (Wildman–Crippen LogP) is 3.92. The third-order valence-corrected chi connectivity index (χ3v) is 14.1. The Labute approximate surface area is 337 Å². The van der Waals surface area contributed by atoms with E-state index in [1.807, 2.05) is 54.6 Å². The van der Waals surface area contributed by atoms with E-state index in [9.17, 15) is 32.4 Å². The van der Waals surface area contributed by atoms with E-state index < -0.39 is 74.2 Å². The van der Waals surface area contributed by atoms with Crippen molar-refractivity contribution in [3.63, 3.8) is 0 Å². The number of hydrogen-bond acceptors (Lipinski definition) is 10. The maximum absolute atomic E-state index is 14.7. The van der Waals surface area contributed by atoms with Gasteiger partial charge in [0.15, 0.2) is 0 Å². The van der Waals surface area contributed by atoms with Gasteiger partial charge in [0, 0.05) is 38.5 Å². The Kier molecular flexibility index (Phi) is 10.8. The molecular formula is C42H51N7O8S. The standard InChI is InChI=1S/C42H51N7O8S/c1-47(2)36-33(32-18-10-13-26-12-8-9-17-31(26)32)24-43-49(39(36)52)28-22-35-37(50)45-42(40(53)46-58(55,56)30-20-21-30)23-27(42)14-6-4-3-5-7-19-34(38(51)48(35)25-28)44-41(54)57-29-15-11-16-29/h6,8-10,12-14,17-18,24,27-30,34-35H,3-5,7,11,15-16,19-23,25H2,1-2H3,(H,44,54)(H,45,50)(H,46,53)/b14-6-/t27?,28?,34?,35-,42?/m0/s1. The van der Waals surface area contributed by atoms with Crippen LogP contribution in [0.2, 0.25) is 0 Å². The zero-order chi connectivity index (χ0) is 40.8. The minimum absolute atomic E-state index is 0.0250. The second-order valence-corrected chi connectivity index (χ2v) is 18.6. The van der Waals surface area contributed by atoms with Crippen molar-refractivity contribution in [1.29, 1.82) is 0 Å². The largest absolute Gasteiger partial charge is 0.446 e. The summed E-state index contributed by atoms with van der Waals surface area (Å²) in [5.74, 6) is -2.45. The summed E-state index contributed by atoms with van der Waals surface area (Å²) in [6.07, 6.45) is 11.2. The third kappa shape index (κ3) is 7.82. The van der Waals surface area contributed by atoms with Crippen LogP contribution in [0, 0.1) is 5.92 Å². The number of aromatic nitrogens is 2. The van der Waals surface area contributed by atoms with Gasteiger partial charge in [-0.25, -0.2) is 17.9 Å². The van der Waals surface area contributed by atoms with E-state index in [1.54, 1.807) is 25.2 Å². The van der Waals surface area contributed by atoms with Gasteiger partial charge in [0.05, 0.1) is 17.5 Å². The highest BCUT2D eigenvalue weighted by atomic mass is 32.2. The van der Waals surface area contributed by atoms with Gasteiger partial charge < -0.3 is 25.2 Å². The molecule has 3 heterocycles. The fraction of sp³-hybridized carbons (Fsp3) is 0.524. The van der Waals surface area contributed by atoms with Gasteiger partial charge in [-0.1, -0.05) is 67.5 Å². The SMILES string of the molecule is CN(C)c1c(-c2cccc3ccccc23)cnn(C2C[C@H]3C(=O)NC4(C(=O)NS(=O)(=O)C5CC5)CC4/C=C\CCCCCC(NC(=O)OC4CCC4)C(=O)N3C2)c1=O. The summed E-state index contributed by atoms with van der Waals surface area (Å²) >= 11 is 0. The molecule has 5 aliphatic rings. The molecule has 58 heavy (non-hydrogen) atoms. The van der Waals surface area contributed by atoms with E-state index in [2.05, 4.69) is 20.5 Å². The summed E-state index contributed by atoms with van der Waals surface area (Å²) < 4.78 is 34.9. The topological polar surface area (TPSA) is 189 Å². The molecule has 1 aromatic heterocycles. The molecule has 0 bridgehead atoms. The number of anilines is 1. The Balaban J connectivity index is 1.15. The summed E-state index contributed by atoms with van der Waals surface area (Å²) in [4.78, 5) is 73.8. The van der Waals surface area contributed by atoms with Crippen molar-refractivity contribution in [3.05, 3.63) is 71.2 Å². The van der Waals surface area contributed by atoms with E-state index in [0.29, 0.717) is 43.4 Å². The summed E-state index contributed by atoms with van der Waals surface area (Å²) in [5, 5.41) is 11.6. The molecule has 0 spiro atoms. The molecule has 15 nitrogen and oxygen atoms in total. The number of alkyl carbamates (subject to hydrolysis) is 1. The van der Waals surface area contributed by atoms with E-state index >= 15 is 0 Å². The van der Waals surface area contributed by atoms with Crippen molar-refractivity contribution in [1.82, 2.24) is 30.0 Å². The first kappa shape index (κ1) is 39.6. The molecular weight excluding hydrogens is 763 g/mol. The number of fused-ring (bicyclic) bond motifs is 3. The normalized spacial score (nSPS) is 27.2. The van der Waals surface area contributed by atoms with Crippen LogP contribution in [-0.2, 0) is 29.1 Å². The van der Waals surface area contributed by atoms with Gasteiger partial charge in [-0.05, 0) is 74.1 Å². The van der Waals surface area contributed by atoms with Crippen molar-refractivity contribution < 1.29 is 32.3 Å². The zero-order valence-corrected chi connectivity index (χ0v) is 33.7. The first-order valence-corrected chi connectivity index (χ1v) is 22.0. The van der Waals surface area contributed by atoms with Crippen molar-refractivity contribution in [2.75, 3.05) is 25.5 Å².